The molecule has 9 heteroatoms. The number of rotatable bonds is 6. The number of benzene rings is 2. The molecule has 0 bridgehead atoms. The summed E-state index contributed by atoms with van der Waals surface area (Å²) in [5.74, 6) is -0.196. The fourth-order valence-corrected chi connectivity index (χ4v) is 3.73. The zero-order chi connectivity index (χ0) is 20.3. The van der Waals surface area contributed by atoms with Crippen LogP contribution in [0, 0.1) is 0 Å². The predicted octanol–water partition coefficient (Wildman–Crippen LogP) is 3.02. The lowest BCUT2D eigenvalue weighted by molar-refractivity contribution is 0.102. The molecule has 0 saturated heterocycles. The molecule has 0 spiro atoms. The average molecular weight is 400 g/mol. The summed E-state index contributed by atoms with van der Waals surface area (Å²) >= 11 is 0. The van der Waals surface area contributed by atoms with E-state index in [4.69, 9.17) is 4.42 Å². The van der Waals surface area contributed by atoms with Gasteiger partial charge in [-0.05, 0) is 50.2 Å². The molecule has 0 aliphatic rings. The van der Waals surface area contributed by atoms with Gasteiger partial charge in [-0.25, -0.2) is 8.42 Å². The smallest absolute Gasteiger partial charge is 0.322 e. The molecule has 3 aromatic rings. The van der Waals surface area contributed by atoms with E-state index in [1.54, 1.807) is 13.8 Å². The maximum atomic E-state index is 12.5. The molecule has 0 saturated carbocycles. The maximum absolute atomic E-state index is 12.5. The third kappa shape index (κ3) is 4.10. The Morgan fingerprint density at radius 1 is 1.04 bits per heavy atom. The summed E-state index contributed by atoms with van der Waals surface area (Å²) in [6.07, 6.45) is 0. The Bertz CT molecular complexity index is 1060. The quantitative estimate of drug-likeness (QED) is 0.682. The monoisotopic (exact) mass is 400 g/mol. The first kappa shape index (κ1) is 19.7. The number of aromatic nitrogens is 2. The first-order valence-electron chi connectivity index (χ1n) is 8.57. The van der Waals surface area contributed by atoms with E-state index < -0.39 is 15.9 Å². The lowest BCUT2D eigenvalue weighted by Crippen LogP contribution is -2.33. The van der Waals surface area contributed by atoms with Crippen LogP contribution < -0.4 is 5.32 Å². The lowest BCUT2D eigenvalue weighted by Gasteiger charge is -2.20. The van der Waals surface area contributed by atoms with Crippen LogP contribution in [0.25, 0.3) is 11.5 Å². The zero-order valence-corrected chi connectivity index (χ0v) is 16.5. The number of nitrogens with zero attached hydrogens (tertiary/aromatic N) is 3. The highest BCUT2D eigenvalue weighted by Crippen LogP contribution is 2.20. The molecule has 0 aliphatic carbocycles. The van der Waals surface area contributed by atoms with Crippen LogP contribution in [0.4, 0.5) is 6.01 Å². The molecule has 1 heterocycles. The van der Waals surface area contributed by atoms with E-state index in [1.165, 1.54) is 35.6 Å². The highest BCUT2D eigenvalue weighted by atomic mass is 32.2. The van der Waals surface area contributed by atoms with Crippen molar-refractivity contribution < 1.29 is 17.6 Å². The minimum Gasteiger partial charge on any atom is -0.403 e. The Morgan fingerprint density at radius 3 is 2.29 bits per heavy atom. The van der Waals surface area contributed by atoms with Crippen molar-refractivity contribution in [3.8, 4) is 11.5 Å². The van der Waals surface area contributed by atoms with E-state index in [9.17, 15) is 13.2 Å². The van der Waals surface area contributed by atoms with Crippen molar-refractivity contribution >= 4 is 21.9 Å². The second-order valence-corrected chi connectivity index (χ2v) is 8.37. The molecule has 3 rings (SSSR count). The molecule has 0 aliphatic heterocycles. The summed E-state index contributed by atoms with van der Waals surface area (Å²) in [6, 6.07) is 14.6. The van der Waals surface area contributed by atoms with Crippen molar-refractivity contribution in [2.45, 2.75) is 24.8 Å². The normalized spacial score (nSPS) is 11.8. The predicted molar refractivity (Wildman–Crippen MR) is 104 cm³/mol. The third-order valence-electron chi connectivity index (χ3n) is 4.19. The van der Waals surface area contributed by atoms with Crippen LogP contribution in [0.2, 0.25) is 0 Å². The largest absolute Gasteiger partial charge is 0.403 e. The number of sulfonamides is 1. The molecule has 1 amide bonds. The summed E-state index contributed by atoms with van der Waals surface area (Å²) in [4.78, 5) is 12.5. The van der Waals surface area contributed by atoms with Crippen LogP contribution in [0.1, 0.15) is 24.2 Å². The Labute approximate surface area is 163 Å². The van der Waals surface area contributed by atoms with Crippen molar-refractivity contribution in [2.75, 3.05) is 12.4 Å². The summed E-state index contributed by atoms with van der Waals surface area (Å²) < 4.78 is 31.7. The number of amides is 1. The Kier molecular flexibility index (Phi) is 5.57. The second-order valence-electron chi connectivity index (χ2n) is 6.37. The maximum Gasteiger partial charge on any atom is 0.322 e. The molecule has 146 valence electrons. The second kappa shape index (κ2) is 7.91. The van der Waals surface area contributed by atoms with Crippen LogP contribution >= 0.6 is 0 Å². The zero-order valence-electron chi connectivity index (χ0n) is 15.7. The highest BCUT2D eigenvalue weighted by Gasteiger charge is 2.23. The van der Waals surface area contributed by atoms with Gasteiger partial charge in [0.2, 0.25) is 15.9 Å². The fraction of sp³-hybridized carbons (Fsp3) is 0.211. The van der Waals surface area contributed by atoms with E-state index in [-0.39, 0.29) is 28.4 Å². The number of anilines is 1. The SMILES string of the molecule is CC(C)N(C)S(=O)(=O)c1ccc(C(=O)Nc2nnc(-c3ccccc3)o2)cc1. The van der Waals surface area contributed by atoms with Crippen LogP contribution in [0.5, 0.6) is 0 Å². The Morgan fingerprint density at radius 2 is 1.68 bits per heavy atom. The van der Waals surface area contributed by atoms with E-state index in [2.05, 4.69) is 15.5 Å². The Balaban J connectivity index is 1.73. The van der Waals surface area contributed by atoms with E-state index in [0.29, 0.717) is 0 Å². The summed E-state index contributed by atoms with van der Waals surface area (Å²) in [7, 11) is -2.09. The number of carbonyl (C=O) groups is 1. The van der Waals surface area contributed by atoms with Crippen molar-refractivity contribution in [3.05, 3.63) is 60.2 Å². The number of nitrogens with one attached hydrogen (secondary N) is 1. The Hall–Kier alpha value is -3.04. The van der Waals surface area contributed by atoms with Gasteiger partial charge in [0.15, 0.2) is 0 Å². The van der Waals surface area contributed by atoms with Gasteiger partial charge in [-0.3, -0.25) is 10.1 Å². The fourth-order valence-electron chi connectivity index (χ4n) is 2.36. The minimum atomic E-state index is -3.61. The summed E-state index contributed by atoms with van der Waals surface area (Å²) in [6.45, 7) is 3.57. The van der Waals surface area contributed by atoms with E-state index in [1.807, 2.05) is 30.3 Å². The van der Waals surface area contributed by atoms with Crippen LogP contribution in [0.15, 0.2) is 63.9 Å². The van der Waals surface area contributed by atoms with Gasteiger partial charge in [-0.15, -0.1) is 5.10 Å². The van der Waals surface area contributed by atoms with E-state index >= 15 is 0 Å². The van der Waals surface area contributed by atoms with Gasteiger partial charge in [-0.1, -0.05) is 23.3 Å². The number of hydrogen-bond acceptors (Lipinski definition) is 6. The van der Waals surface area contributed by atoms with Gasteiger partial charge in [0.25, 0.3) is 5.91 Å². The van der Waals surface area contributed by atoms with Gasteiger partial charge < -0.3 is 4.42 Å². The van der Waals surface area contributed by atoms with Gasteiger partial charge in [0, 0.05) is 24.2 Å². The van der Waals surface area contributed by atoms with Gasteiger partial charge in [0.1, 0.15) is 0 Å². The molecule has 1 N–H and O–H groups in total. The number of carbonyl (C=O) groups excluding carboxylic acids is 1. The molecule has 0 atom stereocenters. The molecule has 28 heavy (non-hydrogen) atoms. The van der Waals surface area contributed by atoms with Crippen molar-refractivity contribution in [3.63, 3.8) is 0 Å². The first-order chi connectivity index (χ1) is 13.3. The van der Waals surface area contributed by atoms with Crippen molar-refractivity contribution in [1.29, 1.82) is 0 Å². The summed E-state index contributed by atoms with van der Waals surface area (Å²) in [5.41, 5.74) is 1.00. The van der Waals surface area contributed by atoms with Crippen LogP contribution in [0.3, 0.4) is 0 Å². The summed E-state index contributed by atoms with van der Waals surface area (Å²) in [5, 5.41) is 10.2. The third-order valence-corrected chi connectivity index (χ3v) is 6.23. The van der Waals surface area contributed by atoms with Crippen LogP contribution in [-0.2, 0) is 10.0 Å². The lowest BCUT2D eigenvalue weighted by atomic mass is 10.2. The molecule has 0 unspecified atom stereocenters. The van der Waals surface area contributed by atoms with Crippen molar-refractivity contribution in [2.24, 2.45) is 0 Å². The molecular formula is C19H20N4O4S. The van der Waals surface area contributed by atoms with Crippen molar-refractivity contribution in [1.82, 2.24) is 14.5 Å². The van der Waals surface area contributed by atoms with E-state index in [0.717, 1.165) is 5.56 Å². The van der Waals surface area contributed by atoms with Gasteiger partial charge >= 0.3 is 6.01 Å². The minimum absolute atomic E-state index is 0.0416. The molecule has 1 aromatic heterocycles. The number of hydrogen-bond donors (Lipinski definition) is 1. The average Bonchev–Trinajstić information content (AvgIpc) is 3.16. The topological polar surface area (TPSA) is 105 Å². The van der Waals surface area contributed by atoms with Gasteiger partial charge in [-0.2, -0.15) is 4.31 Å². The standard InChI is InChI=1S/C19H20N4O4S/c1-13(2)23(3)28(25,26)16-11-9-14(10-12-16)17(24)20-19-22-21-18(27-19)15-7-5-4-6-8-15/h4-13H,1-3H3,(H,20,22,24). The molecule has 8 nitrogen and oxygen atoms in total. The molecule has 0 radical (unpaired) electrons. The molecular weight excluding hydrogens is 380 g/mol. The van der Waals surface area contributed by atoms with Gasteiger partial charge in [0.05, 0.1) is 4.90 Å². The highest BCUT2D eigenvalue weighted by molar-refractivity contribution is 7.89. The first-order valence-corrected chi connectivity index (χ1v) is 10.0. The molecule has 2 aromatic carbocycles. The molecule has 0 fully saturated rings. The van der Waals surface area contributed by atoms with Crippen LogP contribution in [-0.4, -0.2) is 41.9 Å².